The van der Waals surface area contributed by atoms with E-state index in [1.807, 2.05) is 24.1 Å². The van der Waals surface area contributed by atoms with E-state index in [2.05, 4.69) is 15.6 Å². The summed E-state index contributed by atoms with van der Waals surface area (Å²) in [6.07, 6.45) is 4.34. The van der Waals surface area contributed by atoms with Crippen LogP contribution in [0.3, 0.4) is 0 Å². The first kappa shape index (κ1) is 23.3. The number of benzene rings is 3. The van der Waals surface area contributed by atoms with E-state index < -0.39 is 5.82 Å². The number of nitrogens with one attached hydrogen (secondary N) is 3. The molecule has 0 aliphatic rings. The molecule has 3 aromatic carbocycles. The lowest BCUT2D eigenvalue weighted by atomic mass is 10.1. The molecule has 0 aliphatic heterocycles. The summed E-state index contributed by atoms with van der Waals surface area (Å²) in [6.45, 7) is 0. The van der Waals surface area contributed by atoms with Gasteiger partial charge >= 0.3 is 0 Å². The summed E-state index contributed by atoms with van der Waals surface area (Å²) in [5, 5.41) is 13.5. The number of aromatic nitrogens is 1. The molecular formula is C27H22FN5O2. The quantitative estimate of drug-likeness (QED) is 0.313. The van der Waals surface area contributed by atoms with Crippen molar-refractivity contribution in [2.45, 2.75) is 0 Å². The Morgan fingerprint density at radius 1 is 0.829 bits per heavy atom. The minimum Gasteiger partial charge on any atom is -0.344 e. The van der Waals surface area contributed by atoms with Crippen molar-refractivity contribution in [2.24, 2.45) is 0 Å². The van der Waals surface area contributed by atoms with Gasteiger partial charge in [-0.1, -0.05) is 0 Å². The first-order valence-corrected chi connectivity index (χ1v) is 10.7. The predicted octanol–water partition coefficient (Wildman–Crippen LogP) is 5.49. The second-order valence-corrected chi connectivity index (χ2v) is 7.67. The molecule has 0 fully saturated rings. The molecule has 0 unspecified atom stereocenters. The number of carbonyl (C=O) groups excluding carboxylic acids is 2. The summed E-state index contributed by atoms with van der Waals surface area (Å²) in [6, 6.07) is 21.1. The Balaban J connectivity index is 1.47. The van der Waals surface area contributed by atoms with E-state index in [-0.39, 0.29) is 11.8 Å². The Kier molecular flexibility index (Phi) is 6.92. The maximum atomic E-state index is 13.1. The number of nitrogens with zero attached hydrogens (tertiary/aromatic N) is 2. The van der Waals surface area contributed by atoms with Crippen LogP contribution in [-0.2, 0) is 0 Å². The molecule has 4 aromatic rings. The lowest BCUT2D eigenvalue weighted by Gasteiger charge is -2.22. The van der Waals surface area contributed by atoms with Crippen molar-refractivity contribution in [3.8, 4) is 0 Å². The Hall–Kier alpha value is -4.85. The first-order valence-electron chi connectivity index (χ1n) is 10.7. The van der Waals surface area contributed by atoms with Gasteiger partial charge in [0.15, 0.2) is 0 Å². The van der Waals surface area contributed by atoms with Crippen molar-refractivity contribution < 1.29 is 14.0 Å². The zero-order valence-corrected chi connectivity index (χ0v) is 18.8. The second-order valence-electron chi connectivity index (χ2n) is 7.67. The van der Waals surface area contributed by atoms with Crippen molar-refractivity contribution >= 4 is 40.8 Å². The summed E-state index contributed by atoms with van der Waals surface area (Å²) in [5.74, 6) is -1.01. The highest BCUT2D eigenvalue weighted by Crippen LogP contribution is 2.29. The third kappa shape index (κ3) is 5.56. The fourth-order valence-corrected chi connectivity index (χ4v) is 3.47. The van der Waals surface area contributed by atoms with Gasteiger partial charge in [-0.2, -0.15) is 0 Å². The van der Waals surface area contributed by atoms with Gasteiger partial charge in [-0.25, -0.2) is 4.39 Å². The van der Waals surface area contributed by atoms with Gasteiger partial charge in [-0.3, -0.25) is 14.6 Å². The number of halogens is 1. The molecule has 7 nitrogen and oxygen atoms in total. The molecule has 2 amide bonds. The molecule has 4 rings (SSSR count). The molecule has 0 atom stereocenters. The third-order valence-electron chi connectivity index (χ3n) is 5.36. The first-order chi connectivity index (χ1) is 16.9. The van der Waals surface area contributed by atoms with Crippen LogP contribution in [0.5, 0.6) is 0 Å². The van der Waals surface area contributed by atoms with Crippen LogP contribution in [0.25, 0.3) is 0 Å². The number of hydrogen-bond acceptors (Lipinski definition) is 5. The van der Waals surface area contributed by atoms with Gasteiger partial charge in [0.1, 0.15) is 5.82 Å². The fraction of sp³-hybridized carbons (Fsp3) is 0.0370. The van der Waals surface area contributed by atoms with Crippen LogP contribution in [0, 0.1) is 11.2 Å². The Labute approximate surface area is 201 Å². The standard InChI is InChI=1S/C27H22FN5O2/c1-33(24-9-6-22(7-10-24)31-27(35)19-12-14-30-15-13-19)25-11-8-23(16-20(25)17-29)32-26(34)18-2-4-21(28)5-3-18/h2-17,29H,1H3,(H,31,35)(H,32,34). The molecular weight excluding hydrogens is 445 g/mol. The van der Waals surface area contributed by atoms with Crippen molar-refractivity contribution in [1.82, 2.24) is 4.98 Å². The highest BCUT2D eigenvalue weighted by molar-refractivity contribution is 6.05. The summed E-state index contributed by atoms with van der Waals surface area (Å²) in [5.41, 5.74) is 4.22. The van der Waals surface area contributed by atoms with Crippen LogP contribution in [0.1, 0.15) is 26.3 Å². The van der Waals surface area contributed by atoms with Gasteiger partial charge in [-0.15, -0.1) is 0 Å². The topological polar surface area (TPSA) is 98.2 Å². The van der Waals surface area contributed by atoms with E-state index in [1.165, 1.54) is 30.5 Å². The largest absolute Gasteiger partial charge is 0.344 e. The molecule has 0 aliphatic carbocycles. The zero-order valence-electron chi connectivity index (χ0n) is 18.8. The maximum absolute atomic E-state index is 13.1. The van der Waals surface area contributed by atoms with E-state index in [1.54, 1.807) is 54.9 Å². The molecule has 0 radical (unpaired) electrons. The van der Waals surface area contributed by atoms with E-state index in [4.69, 9.17) is 5.41 Å². The predicted molar refractivity (Wildman–Crippen MR) is 135 cm³/mol. The van der Waals surface area contributed by atoms with Gasteiger partial charge < -0.3 is 20.9 Å². The van der Waals surface area contributed by atoms with Crippen LogP contribution in [-0.4, -0.2) is 30.1 Å². The third-order valence-corrected chi connectivity index (χ3v) is 5.36. The smallest absolute Gasteiger partial charge is 0.255 e. The highest BCUT2D eigenvalue weighted by atomic mass is 19.1. The average Bonchev–Trinajstić information content (AvgIpc) is 2.89. The second kappa shape index (κ2) is 10.4. The Bertz CT molecular complexity index is 1360. The van der Waals surface area contributed by atoms with E-state index in [9.17, 15) is 14.0 Å². The van der Waals surface area contributed by atoms with Crippen LogP contribution in [0.2, 0.25) is 0 Å². The zero-order chi connectivity index (χ0) is 24.8. The number of carbonyl (C=O) groups is 2. The molecule has 35 heavy (non-hydrogen) atoms. The van der Waals surface area contributed by atoms with Crippen molar-refractivity contribution in [3.05, 3.63) is 114 Å². The molecule has 1 aromatic heterocycles. The van der Waals surface area contributed by atoms with E-state index >= 15 is 0 Å². The summed E-state index contributed by atoms with van der Waals surface area (Å²) in [4.78, 5) is 30.6. The Morgan fingerprint density at radius 2 is 1.40 bits per heavy atom. The van der Waals surface area contributed by atoms with Gasteiger partial charge in [0, 0.05) is 65.1 Å². The lowest BCUT2D eigenvalue weighted by Crippen LogP contribution is -2.15. The average molecular weight is 468 g/mol. The van der Waals surface area contributed by atoms with Gasteiger partial charge in [0.25, 0.3) is 11.8 Å². The summed E-state index contributed by atoms with van der Waals surface area (Å²) in [7, 11) is 1.86. The van der Waals surface area contributed by atoms with Gasteiger partial charge in [0.2, 0.25) is 0 Å². The lowest BCUT2D eigenvalue weighted by molar-refractivity contribution is 0.101. The highest BCUT2D eigenvalue weighted by Gasteiger charge is 2.12. The van der Waals surface area contributed by atoms with Crippen LogP contribution in [0.4, 0.5) is 27.1 Å². The number of amides is 2. The van der Waals surface area contributed by atoms with Crippen LogP contribution >= 0.6 is 0 Å². The SMILES string of the molecule is CN(c1ccc(NC(=O)c2ccncc2)cc1)c1ccc(NC(=O)c2ccc(F)cc2)cc1C=N. The number of hydrogen-bond donors (Lipinski definition) is 3. The minimum atomic E-state index is -0.413. The van der Waals surface area contributed by atoms with Gasteiger partial charge in [0.05, 0.1) is 0 Å². The molecule has 1 heterocycles. The summed E-state index contributed by atoms with van der Waals surface area (Å²) >= 11 is 0. The molecule has 174 valence electrons. The van der Waals surface area contributed by atoms with Gasteiger partial charge in [-0.05, 0) is 78.9 Å². The van der Waals surface area contributed by atoms with Crippen LogP contribution in [0.15, 0.2) is 91.3 Å². The molecule has 0 saturated heterocycles. The molecule has 8 heteroatoms. The van der Waals surface area contributed by atoms with E-state index in [0.29, 0.717) is 28.1 Å². The molecule has 0 spiro atoms. The normalized spacial score (nSPS) is 10.3. The Morgan fingerprint density at radius 3 is 2.03 bits per heavy atom. The van der Waals surface area contributed by atoms with E-state index in [0.717, 1.165) is 11.4 Å². The number of anilines is 4. The van der Waals surface area contributed by atoms with Crippen molar-refractivity contribution in [2.75, 3.05) is 22.6 Å². The summed E-state index contributed by atoms with van der Waals surface area (Å²) < 4.78 is 13.1. The number of pyridine rings is 1. The molecule has 0 bridgehead atoms. The fourth-order valence-electron chi connectivity index (χ4n) is 3.47. The number of rotatable bonds is 7. The van der Waals surface area contributed by atoms with Crippen molar-refractivity contribution in [1.29, 1.82) is 5.41 Å². The maximum Gasteiger partial charge on any atom is 0.255 e. The monoisotopic (exact) mass is 467 g/mol. The molecule has 0 saturated carbocycles. The molecule has 3 N–H and O–H groups in total. The van der Waals surface area contributed by atoms with Crippen LogP contribution < -0.4 is 15.5 Å². The minimum absolute atomic E-state index is 0.224. The van der Waals surface area contributed by atoms with Crippen molar-refractivity contribution in [3.63, 3.8) is 0 Å².